The van der Waals surface area contributed by atoms with Crippen LogP contribution < -0.4 is 5.32 Å². The number of hydrogen-bond donors (Lipinski definition) is 1. The maximum Gasteiger partial charge on any atom is 0.416 e. The summed E-state index contributed by atoms with van der Waals surface area (Å²) < 4.78 is 37.7. The number of carbonyl (C=O) groups excluding carboxylic acids is 1. The molecule has 1 rings (SSSR count). The van der Waals surface area contributed by atoms with Crippen LogP contribution in [0.25, 0.3) is 0 Å². The molecule has 0 atom stereocenters. The Morgan fingerprint density at radius 2 is 1.86 bits per heavy atom. The largest absolute Gasteiger partial charge is 0.416 e. The van der Waals surface area contributed by atoms with Gasteiger partial charge in [0, 0.05) is 18.8 Å². The van der Waals surface area contributed by atoms with Crippen molar-refractivity contribution in [2.75, 3.05) is 25.0 Å². The molecule has 3 nitrogen and oxygen atoms in total. The molecule has 0 aliphatic rings. The molecule has 0 aliphatic heterocycles. The highest BCUT2D eigenvalue weighted by Crippen LogP contribution is 2.30. The van der Waals surface area contributed by atoms with Crippen molar-refractivity contribution in [1.29, 1.82) is 0 Å². The summed E-state index contributed by atoms with van der Waals surface area (Å²) in [5, 5.41) is 2.45. The number of nitrogens with one attached hydrogen (secondary N) is 1. The maximum atomic E-state index is 12.6. The average molecular weight is 298 g/mol. The van der Waals surface area contributed by atoms with Crippen LogP contribution in [0.3, 0.4) is 0 Å². The number of anilines is 1. The normalized spacial score (nSPS) is 11.2. The van der Waals surface area contributed by atoms with Crippen LogP contribution in [0.4, 0.5) is 18.9 Å². The van der Waals surface area contributed by atoms with E-state index in [1.54, 1.807) is 17.1 Å². The molecule has 0 unspecified atom stereocenters. The lowest BCUT2D eigenvalue weighted by atomic mass is 10.2. The molecule has 1 amide bonds. The molecule has 1 aromatic carbocycles. The lowest BCUT2D eigenvalue weighted by Gasteiger charge is -2.18. The minimum atomic E-state index is -4.43. The molecular weight excluding hydrogens is 281 g/mol. The van der Waals surface area contributed by atoms with Crippen LogP contribution in [-0.2, 0) is 11.0 Å². The van der Waals surface area contributed by atoms with Crippen LogP contribution in [0.15, 0.2) is 49.6 Å². The van der Waals surface area contributed by atoms with Gasteiger partial charge in [-0.1, -0.05) is 18.2 Å². The molecule has 0 bridgehead atoms. The summed E-state index contributed by atoms with van der Waals surface area (Å²) in [5.74, 6) is -0.391. The van der Waals surface area contributed by atoms with Crippen molar-refractivity contribution in [2.24, 2.45) is 0 Å². The molecule has 6 heteroatoms. The SMILES string of the molecule is C=CCN(CC=C)CC(=O)Nc1cccc(C(F)(F)F)c1. The van der Waals surface area contributed by atoms with Crippen molar-refractivity contribution in [2.45, 2.75) is 6.18 Å². The van der Waals surface area contributed by atoms with Crippen LogP contribution in [0.5, 0.6) is 0 Å². The highest BCUT2D eigenvalue weighted by Gasteiger charge is 2.30. The Morgan fingerprint density at radius 3 is 2.38 bits per heavy atom. The van der Waals surface area contributed by atoms with Crippen molar-refractivity contribution in [3.63, 3.8) is 0 Å². The number of hydrogen-bond acceptors (Lipinski definition) is 2. The van der Waals surface area contributed by atoms with Crippen LogP contribution in [0.1, 0.15) is 5.56 Å². The predicted octanol–water partition coefficient (Wildman–Crippen LogP) is 3.32. The number of amides is 1. The van der Waals surface area contributed by atoms with Gasteiger partial charge < -0.3 is 5.32 Å². The summed E-state index contributed by atoms with van der Waals surface area (Å²) in [4.78, 5) is 13.6. The fraction of sp³-hybridized carbons (Fsp3) is 0.267. The Balaban J connectivity index is 2.70. The van der Waals surface area contributed by atoms with Gasteiger partial charge >= 0.3 is 6.18 Å². The van der Waals surface area contributed by atoms with E-state index in [2.05, 4.69) is 18.5 Å². The van der Waals surface area contributed by atoms with Gasteiger partial charge in [0.05, 0.1) is 12.1 Å². The molecule has 0 fully saturated rings. The summed E-state index contributed by atoms with van der Waals surface area (Å²) in [5.41, 5.74) is -0.679. The zero-order valence-corrected chi connectivity index (χ0v) is 11.5. The first-order valence-electron chi connectivity index (χ1n) is 6.28. The predicted molar refractivity (Wildman–Crippen MR) is 76.9 cm³/mol. The van der Waals surface area contributed by atoms with E-state index in [1.807, 2.05) is 0 Å². The molecule has 0 saturated carbocycles. The van der Waals surface area contributed by atoms with Crippen molar-refractivity contribution in [1.82, 2.24) is 4.90 Å². The Labute approximate surface area is 121 Å². The minimum Gasteiger partial charge on any atom is -0.325 e. The van der Waals surface area contributed by atoms with Crippen LogP contribution in [-0.4, -0.2) is 30.4 Å². The van der Waals surface area contributed by atoms with E-state index in [0.717, 1.165) is 12.1 Å². The monoisotopic (exact) mass is 298 g/mol. The number of rotatable bonds is 7. The van der Waals surface area contributed by atoms with E-state index in [9.17, 15) is 18.0 Å². The van der Waals surface area contributed by atoms with E-state index in [1.165, 1.54) is 12.1 Å². The molecule has 0 spiro atoms. The zero-order valence-electron chi connectivity index (χ0n) is 11.5. The second-order valence-corrected chi connectivity index (χ2v) is 4.40. The van der Waals surface area contributed by atoms with Gasteiger partial charge in [-0.05, 0) is 18.2 Å². The third-order valence-corrected chi connectivity index (χ3v) is 2.62. The summed E-state index contributed by atoms with van der Waals surface area (Å²) in [6, 6.07) is 4.53. The van der Waals surface area contributed by atoms with Crippen molar-refractivity contribution in [3.05, 3.63) is 55.1 Å². The van der Waals surface area contributed by atoms with Crippen LogP contribution >= 0.6 is 0 Å². The number of nitrogens with zero attached hydrogens (tertiary/aromatic N) is 1. The third-order valence-electron chi connectivity index (χ3n) is 2.62. The van der Waals surface area contributed by atoms with E-state index in [0.29, 0.717) is 13.1 Å². The first-order chi connectivity index (χ1) is 9.86. The van der Waals surface area contributed by atoms with Crippen LogP contribution in [0.2, 0.25) is 0 Å². The molecule has 0 aliphatic carbocycles. The highest BCUT2D eigenvalue weighted by atomic mass is 19.4. The fourth-order valence-electron chi connectivity index (χ4n) is 1.75. The Bertz CT molecular complexity index is 502. The summed E-state index contributed by atoms with van der Waals surface area (Å²) in [6.45, 7) is 8.19. The Kier molecular flexibility index (Phi) is 6.17. The molecule has 1 N–H and O–H groups in total. The average Bonchev–Trinajstić information content (AvgIpc) is 2.38. The van der Waals surface area contributed by atoms with Crippen molar-refractivity contribution in [3.8, 4) is 0 Å². The van der Waals surface area contributed by atoms with Gasteiger partial charge in [0.25, 0.3) is 0 Å². The zero-order chi connectivity index (χ0) is 15.9. The maximum absolute atomic E-state index is 12.6. The second-order valence-electron chi connectivity index (χ2n) is 4.40. The van der Waals surface area contributed by atoms with Gasteiger partial charge in [0.15, 0.2) is 0 Å². The Morgan fingerprint density at radius 1 is 1.24 bits per heavy atom. The number of alkyl halides is 3. The first-order valence-corrected chi connectivity index (χ1v) is 6.28. The molecule has 0 radical (unpaired) electrons. The molecule has 0 heterocycles. The molecular formula is C15H17F3N2O. The summed E-state index contributed by atoms with van der Waals surface area (Å²) in [7, 11) is 0. The molecule has 1 aromatic rings. The third kappa shape index (κ3) is 5.83. The highest BCUT2D eigenvalue weighted by molar-refractivity contribution is 5.92. The van der Waals surface area contributed by atoms with E-state index >= 15 is 0 Å². The summed E-state index contributed by atoms with van der Waals surface area (Å²) in [6.07, 6.45) is -1.15. The smallest absolute Gasteiger partial charge is 0.325 e. The topological polar surface area (TPSA) is 32.3 Å². The van der Waals surface area contributed by atoms with Gasteiger partial charge in [0.2, 0.25) is 5.91 Å². The van der Waals surface area contributed by atoms with Gasteiger partial charge in [-0.25, -0.2) is 0 Å². The van der Waals surface area contributed by atoms with Gasteiger partial charge in [-0.3, -0.25) is 9.69 Å². The number of benzene rings is 1. The molecule has 21 heavy (non-hydrogen) atoms. The van der Waals surface area contributed by atoms with E-state index in [4.69, 9.17) is 0 Å². The molecule has 114 valence electrons. The van der Waals surface area contributed by atoms with Gasteiger partial charge in [-0.15, -0.1) is 13.2 Å². The van der Waals surface area contributed by atoms with Crippen molar-refractivity contribution < 1.29 is 18.0 Å². The summed E-state index contributed by atoms with van der Waals surface area (Å²) >= 11 is 0. The molecule has 0 saturated heterocycles. The standard InChI is InChI=1S/C15H17F3N2O/c1-3-8-20(9-4-2)11-14(21)19-13-7-5-6-12(10-13)15(16,17)18/h3-7,10H,1-2,8-9,11H2,(H,19,21). The lowest BCUT2D eigenvalue weighted by Crippen LogP contribution is -2.33. The van der Waals surface area contributed by atoms with Gasteiger partial charge in [0.1, 0.15) is 0 Å². The molecule has 0 aromatic heterocycles. The fourth-order valence-corrected chi connectivity index (χ4v) is 1.75. The van der Waals surface area contributed by atoms with Gasteiger partial charge in [-0.2, -0.15) is 13.2 Å². The van der Waals surface area contributed by atoms with E-state index < -0.39 is 17.6 Å². The Hall–Kier alpha value is -2.08. The van der Waals surface area contributed by atoms with Crippen molar-refractivity contribution >= 4 is 11.6 Å². The minimum absolute atomic E-state index is 0.0499. The first kappa shape index (κ1) is 17.0. The number of halogens is 3. The second kappa shape index (κ2) is 7.64. The number of carbonyl (C=O) groups is 1. The van der Waals surface area contributed by atoms with Crippen LogP contribution in [0, 0.1) is 0 Å². The quantitative estimate of drug-likeness (QED) is 0.783. The van der Waals surface area contributed by atoms with E-state index in [-0.39, 0.29) is 12.2 Å². The lowest BCUT2D eigenvalue weighted by molar-refractivity contribution is -0.137.